The number of phenols is 1. The van der Waals surface area contributed by atoms with Crippen LogP contribution < -0.4 is 0 Å². The molecule has 0 aliphatic heterocycles. The van der Waals surface area contributed by atoms with E-state index in [1.807, 2.05) is 6.07 Å². The fraction of sp³-hybridized carbons (Fsp3) is 0.667. The third-order valence-corrected chi connectivity index (χ3v) is 6.48. The highest BCUT2D eigenvalue weighted by molar-refractivity contribution is 5.44. The molecule has 1 aromatic carbocycles. The van der Waals surface area contributed by atoms with Crippen molar-refractivity contribution in [1.82, 2.24) is 0 Å². The Morgan fingerprint density at radius 2 is 2.05 bits per heavy atom. The highest BCUT2D eigenvalue weighted by Crippen LogP contribution is 2.60. The zero-order chi connectivity index (χ0) is 13.0. The molecule has 0 radical (unpaired) electrons. The fourth-order valence-corrected chi connectivity index (χ4v) is 5.57. The molecular formula is C18H24O. The average molecular weight is 256 g/mol. The van der Waals surface area contributed by atoms with Crippen molar-refractivity contribution in [2.75, 3.05) is 0 Å². The van der Waals surface area contributed by atoms with Crippen LogP contribution in [0.3, 0.4) is 0 Å². The Morgan fingerprint density at radius 1 is 1.16 bits per heavy atom. The van der Waals surface area contributed by atoms with Crippen molar-refractivity contribution in [1.29, 1.82) is 0 Å². The minimum atomic E-state index is 0.418. The lowest BCUT2D eigenvalue weighted by atomic mass is 9.47. The molecule has 102 valence electrons. The Hall–Kier alpha value is -0.980. The molecular weight excluding hydrogens is 232 g/mol. The summed E-state index contributed by atoms with van der Waals surface area (Å²) in [6.45, 7) is 2.47. The smallest absolute Gasteiger partial charge is 0.115 e. The summed E-state index contributed by atoms with van der Waals surface area (Å²) in [7, 11) is 0. The summed E-state index contributed by atoms with van der Waals surface area (Å²) in [5.74, 6) is 3.14. The molecule has 1 N–H and O–H groups in total. The number of hydrogen-bond donors (Lipinski definition) is 1. The highest BCUT2D eigenvalue weighted by Gasteiger charge is 2.53. The van der Waals surface area contributed by atoms with Gasteiger partial charge in [0.2, 0.25) is 0 Å². The molecule has 0 aromatic heterocycles. The van der Waals surface area contributed by atoms with Gasteiger partial charge in [0.15, 0.2) is 0 Å². The second-order valence-electron chi connectivity index (χ2n) is 7.23. The number of phenolic OH excluding ortho intramolecular Hbond substituents is 1. The summed E-state index contributed by atoms with van der Waals surface area (Å²) in [6, 6.07) is 6.18. The van der Waals surface area contributed by atoms with Crippen LogP contribution in [0.15, 0.2) is 18.2 Å². The van der Waals surface area contributed by atoms with Gasteiger partial charge in [0.05, 0.1) is 0 Å². The van der Waals surface area contributed by atoms with Crippen molar-refractivity contribution in [3.8, 4) is 5.75 Å². The van der Waals surface area contributed by atoms with E-state index in [-0.39, 0.29) is 0 Å². The van der Waals surface area contributed by atoms with E-state index < -0.39 is 0 Å². The van der Waals surface area contributed by atoms with Crippen LogP contribution in [0.5, 0.6) is 5.75 Å². The van der Waals surface area contributed by atoms with Crippen molar-refractivity contribution in [3.63, 3.8) is 0 Å². The maximum absolute atomic E-state index is 9.92. The lowest BCUT2D eigenvalue weighted by Gasteiger charge is -2.57. The van der Waals surface area contributed by atoms with Crippen molar-refractivity contribution >= 4 is 0 Å². The van der Waals surface area contributed by atoms with Gasteiger partial charge in [0, 0.05) is 0 Å². The first-order valence-corrected chi connectivity index (χ1v) is 8.03. The van der Waals surface area contributed by atoms with E-state index in [0.29, 0.717) is 11.2 Å². The predicted octanol–water partition coefficient (Wildman–Crippen LogP) is 4.42. The summed E-state index contributed by atoms with van der Waals surface area (Å²) in [5, 5.41) is 9.92. The van der Waals surface area contributed by atoms with Crippen LogP contribution in [0.25, 0.3) is 0 Å². The van der Waals surface area contributed by atoms with E-state index >= 15 is 0 Å². The molecule has 3 aliphatic carbocycles. The standard InChI is InChI=1S/C18H24O/c1-12-7-9-18-8-3-2-4-16(18)15(12)10-13-5-6-14(19)11-17(13)18/h5-6,11-12,15-16,19H,2-4,7-10H2,1H3/t12?,15-,16-,18+/m0/s1. The molecule has 2 fully saturated rings. The minimum Gasteiger partial charge on any atom is -0.508 e. The van der Waals surface area contributed by atoms with Gasteiger partial charge in [0.25, 0.3) is 0 Å². The average Bonchev–Trinajstić information content (AvgIpc) is 2.43. The first-order chi connectivity index (χ1) is 9.21. The zero-order valence-corrected chi connectivity index (χ0v) is 11.9. The van der Waals surface area contributed by atoms with Crippen molar-refractivity contribution < 1.29 is 5.11 Å². The minimum absolute atomic E-state index is 0.418. The lowest BCUT2D eigenvalue weighted by molar-refractivity contribution is 0.0174. The quantitative estimate of drug-likeness (QED) is 0.728. The summed E-state index contributed by atoms with van der Waals surface area (Å²) >= 11 is 0. The van der Waals surface area contributed by atoms with E-state index in [0.717, 1.165) is 17.8 Å². The zero-order valence-electron chi connectivity index (χ0n) is 11.9. The molecule has 19 heavy (non-hydrogen) atoms. The maximum Gasteiger partial charge on any atom is 0.115 e. The Morgan fingerprint density at radius 3 is 2.95 bits per heavy atom. The van der Waals surface area contributed by atoms with Crippen molar-refractivity contribution in [3.05, 3.63) is 29.3 Å². The molecule has 1 nitrogen and oxygen atoms in total. The molecule has 2 saturated carbocycles. The van der Waals surface area contributed by atoms with Crippen molar-refractivity contribution in [2.45, 2.75) is 57.3 Å². The van der Waals surface area contributed by atoms with E-state index in [2.05, 4.69) is 19.1 Å². The van der Waals surface area contributed by atoms with Crippen LogP contribution in [-0.4, -0.2) is 5.11 Å². The first-order valence-electron chi connectivity index (χ1n) is 8.03. The molecule has 4 atom stereocenters. The van der Waals surface area contributed by atoms with Gasteiger partial charge in [-0.2, -0.15) is 0 Å². The van der Waals surface area contributed by atoms with Gasteiger partial charge in [-0.3, -0.25) is 0 Å². The van der Waals surface area contributed by atoms with Crippen LogP contribution in [0.1, 0.15) is 56.6 Å². The van der Waals surface area contributed by atoms with E-state index in [4.69, 9.17) is 0 Å². The van der Waals surface area contributed by atoms with Crippen LogP contribution in [0.4, 0.5) is 0 Å². The van der Waals surface area contributed by atoms with Gasteiger partial charge in [-0.25, -0.2) is 0 Å². The molecule has 4 rings (SSSR count). The van der Waals surface area contributed by atoms with Gasteiger partial charge >= 0.3 is 0 Å². The summed E-state index contributed by atoms with van der Waals surface area (Å²) in [5.41, 5.74) is 3.47. The first kappa shape index (κ1) is 11.8. The van der Waals surface area contributed by atoms with Crippen LogP contribution in [-0.2, 0) is 11.8 Å². The van der Waals surface area contributed by atoms with Gasteiger partial charge in [-0.15, -0.1) is 0 Å². The highest BCUT2D eigenvalue weighted by atomic mass is 16.3. The SMILES string of the molecule is CC1CC[C@]23CCCC[C@H]2[C@H]1Cc1ccc(O)cc13. The number of fused-ring (bicyclic) bond motifs is 1. The Labute approximate surface area is 116 Å². The molecule has 3 aliphatic rings. The number of benzene rings is 1. The lowest BCUT2D eigenvalue weighted by Crippen LogP contribution is -2.51. The maximum atomic E-state index is 9.92. The number of rotatable bonds is 0. The number of hydrogen-bond acceptors (Lipinski definition) is 1. The summed E-state index contributed by atoms with van der Waals surface area (Å²) in [4.78, 5) is 0. The second kappa shape index (κ2) is 4.01. The summed E-state index contributed by atoms with van der Waals surface area (Å²) in [6.07, 6.45) is 9.57. The summed E-state index contributed by atoms with van der Waals surface area (Å²) < 4.78 is 0. The second-order valence-corrected chi connectivity index (χ2v) is 7.23. The molecule has 0 heterocycles. The van der Waals surface area contributed by atoms with Gasteiger partial charge in [-0.1, -0.05) is 25.8 Å². The molecule has 0 amide bonds. The van der Waals surface area contributed by atoms with E-state index in [1.165, 1.54) is 56.1 Å². The molecule has 0 spiro atoms. The molecule has 2 bridgehead atoms. The van der Waals surface area contributed by atoms with E-state index in [1.54, 1.807) is 0 Å². The molecule has 1 heteroatoms. The third kappa shape index (κ3) is 1.53. The Balaban J connectivity index is 1.90. The Kier molecular flexibility index (Phi) is 2.49. The van der Waals surface area contributed by atoms with Crippen LogP contribution in [0, 0.1) is 17.8 Å². The van der Waals surface area contributed by atoms with Crippen LogP contribution >= 0.6 is 0 Å². The van der Waals surface area contributed by atoms with Gasteiger partial charge in [-0.05, 0) is 78.5 Å². The molecule has 1 unspecified atom stereocenters. The van der Waals surface area contributed by atoms with Gasteiger partial charge in [0.1, 0.15) is 5.75 Å². The third-order valence-electron chi connectivity index (χ3n) is 6.48. The Bertz CT molecular complexity index is 506. The topological polar surface area (TPSA) is 20.2 Å². The largest absolute Gasteiger partial charge is 0.508 e. The molecule has 0 saturated heterocycles. The normalized spacial score (nSPS) is 40.4. The fourth-order valence-electron chi connectivity index (χ4n) is 5.57. The molecule has 1 aromatic rings. The predicted molar refractivity (Wildman–Crippen MR) is 77.3 cm³/mol. The van der Waals surface area contributed by atoms with Crippen LogP contribution in [0.2, 0.25) is 0 Å². The monoisotopic (exact) mass is 256 g/mol. The van der Waals surface area contributed by atoms with Gasteiger partial charge < -0.3 is 5.11 Å². The van der Waals surface area contributed by atoms with E-state index in [9.17, 15) is 5.11 Å². The number of aromatic hydroxyl groups is 1. The van der Waals surface area contributed by atoms with Crippen molar-refractivity contribution in [2.24, 2.45) is 17.8 Å².